The molecule has 1 saturated carbocycles. The summed E-state index contributed by atoms with van der Waals surface area (Å²) in [4.78, 5) is 0. The third kappa shape index (κ3) is 1.91. The predicted octanol–water partition coefficient (Wildman–Crippen LogP) is 3.88. The molecule has 2 N–H and O–H groups in total. The maximum absolute atomic E-state index is 6.27. The molecule has 18 heavy (non-hydrogen) atoms. The van der Waals surface area contributed by atoms with E-state index < -0.39 is 0 Å². The molecule has 2 aliphatic carbocycles. The predicted molar refractivity (Wildman–Crippen MR) is 75.7 cm³/mol. The fourth-order valence-electron chi connectivity index (χ4n) is 4.18. The van der Waals surface area contributed by atoms with Crippen molar-refractivity contribution < 1.29 is 0 Å². The van der Waals surface area contributed by atoms with Crippen LogP contribution >= 0.6 is 0 Å². The minimum Gasteiger partial charge on any atom is -0.346 e. The zero-order valence-corrected chi connectivity index (χ0v) is 11.8. The summed E-state index contributed by atoms with van der Waals surface area (Å²) in [6, 6.07) is 3.30. The Labute approximate surface area is 111 Å². The number of aromatic nitrogens is 1. The summed E-state index contributed by atoms with van der Waals surface area (Å²) in [5.41, 5.74) is 10.7. The molecule has 1 fully saturated rings. The fraction of sp³-hybridized carbons (Fsp3) is 0.750. The first-order valence-corrected chi connectivity index (χ1v) is 7.64. The van der Waals surface area contributed by atoms with E-state index in [9.17, 15) is 0 Å². The van der Waals surface area contributed by atoms with Crippen molar-refractivity contribution in [1.29, 1.82) is 0 Å². The van der Waals surface area contributed by atoms with Crippen LogP contribution in [0.4, 0.5) is 0 Å². The molecule has 1 heterocycles. The van der Waals surface area contributed by atoms with Gasteiger partial charge in [-0.05, 0) is 63.5 Å². The van der Waals surface area contributed by atoms with Crippen LogP contribution in [-0.4, -0.2) is 4.57 Å². The average Bonchev–Trinajstić information content (AvgIpc) is 2.96. The smallest absolute Gasteiger partial charge is 0.0335 e. The molecule has 0 saturated heterocycles. The number of fused-ring (bicyclic) bond motifs is 1. The summed E-state index contributed by atoms with van der Waals surface area (Å²) in [5, 5.41) is 0. The van der Waals surface area contributed by atoms with E-state index in [1.165, 1.54) is 49.8 Å². The molecule has 0 radical (unpaired) electrons. The van der Waals surface area contributed by atoms with E-state index in [-0.39, 0.29) is 6.04 Å². The Morgan fingerprint density at radius 3 is 2.67 bits per heavy atom. The minimum atomic E-state index is 0.282. The van der Waals surface area contributed by atoms with Gasteiger partial charge in [0.25, 0.3) is 0 Å². The number of nitrogens with two attached hydrogens (primary N) is 1. The zero-order valence-electron chi connectivity index (χ0n) is 11.8. The standard InChI is InChI=1S/C16H26N2/c1-11-10-14-15(17)8-5-9-16(14)18(11)12(2)13-6-3-4-7-13/h10,12-13,15H,3-9,17H2,1-2H3. The third-order valence-electron chi connectivity index (χ3n) is 5.19. The molecule has 0 amide bonds. The number of nitrogens with zero attached hydrogens (tertiary/aromatic N) is 1. The van der Waals surface area contributed by atoms with Crippen LogP contribution < -0.4 is 5.73 Å². The van der Waals surface area contributed by atoms with Crippen molar-refractivity contribution >= 4 is 0 Å². The van der Waals surface area contributed by atoms with Crippen LogP contribution in [0.5, 0.6) is 0 Å². The van der Waals surface area contributed by atoms with Crippen molar-refractivity contribution in [1.82, 2.24) is 4.57 Å². The zero-order chi connectivity index (χ0) is 12.7. The van der Waals surface area contributed by atoms with Crippen LogP contribution in [0.2, 0.25) is 0 Å². The van der Waals surface area contributed by atoms with Gasteiger partial charge in [0.05, 0.1) is 0 Å². The molecule has 2 aliphatic rings. The third-order valence-corrected chi connectivity index (χ3v) is 5.19. The Bertz CT molecular complexity index is 427. The van der Waals surface area contributed by atoms with Crippen molar-refractivity contribution in [3.8, 4) is 0 Å². The maximum Gasteiger partial charge on any atom is 0.0335 e. The van der Waals surface area contributed by atoms with Gasteiger partial charge in [0.1, 0.15) is 0 Å². The first-order valence-electron chi connectivity index (χ1n) is 7.64. The number of aryl methyl sites for hydroxylation is 1. The molecule has 100 valence electrons. The second-order valence-corrected chi connectivity index (χ2v) is 6.34. The molecule has 0 aliphatic heterocycles. The van der Waals surface area contributed by atoms with Crippen molar-refractivity contribution in [2.75, 3.05) is 0 Å². The molecule has 2 heteroatoms. The molecular weight excluding hydrogens is 220 g/mol. The Hall–Kier alpha value is -0.760. The molecule has 0 spiro atoms. The summed E-state index contributed by atoms with van der Waals surface area (Å²) in [5.74, 6) is 0.887. The van der Waals surface area contributed by atoms with Crippen LogP contribution in [0.3, 0.4) is 0 Å². The highest BCUT2D eigenvalue weighted by atomic mass is 15.0. The molecule has 2 nitrogen and oxygen atoms in total. The highest BCUT2D eigenvalue weighted by Gasteiger charge is 2.28. The van der Waals surface area contributed by atoms with E-state index >= 15 is 0 Å². The molecule has 1 aromatic rings. The monoisotopic (exact) mass is 246 g/mol. The quantitative estimate of drug-likeness (QED) is 0.843. The van der Waals surface area contributed by atoms with Gasteiger partial charge in [0.2, 0.25) is 0 Å². The van der Waals surface area contributed by atoms with Gasteiger partial charge in [0, 0.05) is 23.5 Å². The second-order valence-electron chi connectivity index (χ2n) is 6.34. The molecule has 1 aromatic heterocycles. The lowest BCUT2D eigenvalue weighted by molar-refractivity contribution is 0.345. The van der Waals surface area contributed by atoms with Crippen LogP contribution in [0.25, 0.3) is 0 Å². The number of hydrogen-bond donors (Lipinski definition) is 1. The Morgan fingerprint density at radius 1 is 1.22 bits per heavy atom. The van der Waals surface area contributed by atoms with Crippen molar-refractivity contribution in [2.24, 2.45) is 11.7 Å². The maximum atomic E-state index is 6.27. The second kappa shape index (κ2) is 4.73. The first kappa shape index (κ1) is 12.3. The molecule has 0 aromatic carbocycles. The largest absolute Gasteiger partial charge is 0.346 e. The average molecular weight is 246 g/mol. The van der Waals surface area contributed by atoms with Crippen LogP contribution in [0, 0.1) is 12.8 Å². The van der Waals surface area contributed by atoms with Crippen LogP contribution in [0.15, 0.2) is 6.07 Å². The van der Waals surface area contributed by atoms with Gasteiger partial charge in [0.15, 0.2) is 0 Å². The Morgan fingerprint density at radius 2 is 1.94 bits per heavy atom. The fourth-order valence-corrected chi connectivity index (χ4v) is 4.18. The van der Waals surface area contributed by atoms with Gasteiger partial charge in [-0.3, -0.25) is 0 Å². The van der Waals surface area contributed by atoms with E-state index in [1.807, 2.05) is 0 Å². The summed E-state index contributed by atoms with van der Waals surface area (Å²) in [6.07, 6.45) is 9.34. The number of rotatable bonds is 2. The van der Waals surface area contributed by atoms with E-state index in [1.54, 1.807) is 5.69 Å². The van der Waals surface area contributed by atoms with Crippen LogP contribution in [0.1, 0.15) is 74.5 Å². The van der Waals surface area contributed by atoms with Crippen LogP contribution in [-0.2, 0) is 6.42 Å². The topological polar surface area (TPSA) is 30.9 Å². The van der Waals surface area contributed by atoms with Crippen molar-refractivity contribution in [3.05, 3.63) is 23.0 Å². The van der Waals surface area contributed by atoms with Crippen molar-refractivity contribution in [2.45, 2.75) is 70.9 Å². The summed E-state index contributed by atoms with van der Waals surface area (Å²) >= 11 is 0. The Kier molecular flexibility index (Phi) is 3.23. The summed E-state index contributed by atoms with van der Waals surface area (Å²) in [6.45, 7) is 4.68. The minimum absolute atomic E-state index is 0.282. The van der Waals surface area contributed by atoms with E-state index in [0.717, 1.165) is 12.3 Å². The normalized spacial score (nSPS) is 26.3. The Balaban J connectivity index is 1.95. The summed E-state index contributed by atoms with van der Waals surface area (Å²) in [7, 11) is 0. The highest BCUT2D eigenvalue weighted by Crippen LogP contribution is 2.39. The van der Waals surface area contributed by atoms with Gasteiger partial charge in [-0.25, -0.2) is 0 Å². The van der Waals surface area contributed by atoms with Gasteiger partial charge in [-0.2, -0.15) is 0 Å². The van der Waals surface area contributed by atoms with Gasteiger partial charge in [-0.1, -0.05) is 12.8 Å². The highest BCUT2D eigenvalue weighted by molar-refractivity contribution is 5.33. The SMILES string of the molecule is Cc1cc2c(n1C(C)C1CCCC1)CCCC2N. The lowest BCUT2D eigenvalue weighted by Gasteiger charge is -2.28. The van der Waals surface area contributed by atoms with E-state index in [0.29, 0.717) is 6.04 Å². The lowest BCUT2D eigenvalue weighted by Crippen LogP contribution is -2.22. The van der Waals surface area contributed by atoms with E-state index in [2.05, 4.69) is 24.5 Å². The number of hydrogen-bond acceptors (Lipinski definition) is 1. The molecule has 2 atom stereocenters. The lowest BCUT2D eigenvalue weighted by atomic mass is 9.92. The van der Waals surface area contributed by atoms with Gasteiger partial charge in [-0.15, -0.1) is 0 Å². The molecule has 3 rings (SSSR count). The van der Waals surface area contributed by atoms with E-state index in [4.69, 9.17) is 5.73 Å². The summed E-state index contributed by atoms with van der Waals surface area (Å²) < 4.78 is 2.62. The molecular formula is C16H26N2. The first-order chi connectivity index (χ1) is 8.68. The van der Waals surface area contributed by atoms with Gasteiger partial charge < -0.3 is 10.3 Å². The molecule has 2 unspecified atom stereocenters. The van der Waals surface area contributed by atoms with Crippen molar-refractivity contribution in [3.63, 3.8) is 0 Å². The van der Waals surface area contributed by atoms with Gasteiger partial charge >= 0.3 is 0 Å². The molecule has 0 bridgehead atoms.